The summed E-state index contributed by atoms with van der Waals surface area (Å²) in [5.74, 6) is 0. The van der Waals surface area contributed by atoms with Crippen molar-refractivity contribution >= 4 is 47.8 Å². The van der Waals surface area contributed by atoms with Crippen LogP contribution in [-0.2, 0) is 6.42 Å². The maximum absolute atomic E-state index is 6.23. The molecule has 0 amide bonds. The minimum atomic E-state index is -0.0464. The maximum atomic E-state index is 6.23. The van der Waals surface area contributed by atoms with Gasteiger partial charge in [0.05, 0.1) is 0 Å². The molecule has 18 heavy (non-hydrogen) atoms. The summed E-state index contributed by atoms with van der Waals surface area (Å²) in [4.78, 5) is 4.15. The van der Waals surface area contributed by atoms with E-state index in [0.717, 1.165) is 31.0 Å². The number of benzene rings is 1. The molecule has 0 saturated carbocycles. The minimum absolute atomic E-state index is 0.0464. The summed E-state index contributed by atoms with van der Waals surface area (Å²) in [5, 5.41) is 0. The number of hydrogen-bond donors (Lipinski definition) is 1. The molecule has 0 fully saturated rings. The first-order valence-electron chi connectivity index (χ1n) is 5.35. The van der Waals surface area contributed by atoms with Crippen LogP contribution in [0, 0.1) is 0 Å². The van der Waals surface area contributed by atoms with Gasteiger partial charge in [-0.1, -0.05) is 31.9 Å². The topological polar surface area (TPSA) is 38.9 Å². The molecule has 0 aliphatic carbocycles. The molecule has 0 aliphatic rings. The van der Waals surface area contributed by atoms with Crippen molar-refractivity contribution in [3.05, 3.63) is 61.2 Å². The highest BCUT2D eigenvalue weighted by Crippen LogP contribution is 2.25. The molecule has 0 spiro atoms. The quantitative estimate of drug-likeness (QED) is 0.766. The number of halogens is 3. The largest absolute Gasteiger partial charge is 0.324 e. The SMILES string of the molecule is NC(Cc1cncc(Br)c1)c1cc(Br)cc(Br)c1. The molecule has 0 bridgehead atoms. The highest BCUT2D eigenvalue weighted by molar-refractivity contribution is 9.11. The number of nitrogens with zero attached hydrogens (tertiary/aromatic N) is 1. The van der Waals surface area contributed by atoms with Gasteiger partial charge in [-0.2, -0.15) is 0 Å². The first kappa shape index (κ1) is 14.2. The molecule has 1 heterocycles. The summed E-state index contributed by atoms with van der Waals surface area (Å²) in [5.41, 5.74) is 8.44. The average Bonchev–Trinajstić information content (AvgIpc) is 2.27. The van der Waals surface area contributed by atoms with Gasteiger partial charge >= 0.3 is 0 Å². The van der Waals surface area contributed by atoms with Crippen LogP contribution in [0.15, 0.2) is 50.1 Å². The van der Waals surface area contributed by atoms with Gasteiger partial charge in [0.25, 0.3) is 0 Å². The fraction of sp³-hybridized carbons (Fsp3) is 0.154. The van der Waals surface area contributed by atoms with Crippen molar-refractivity contribution in [1.82, 2.24) is 4.98 Å². The Hall–Kier alpha value is -0.230. The third-order valence-electron chi connectivity index (χ3n) is 2.53. The van der Waals surface area contributed by atoms with Gasteiger partial charge in [-0.3, -0.25) is 4.98 Å². The lowest BCUT2D eigenvalue weighted by molar-refractivity contribution is 0.718. The number of rotatable bonds is 3. The monoisotopic (exact) mass is 432 g/mol. The molecule has 2 nitrogen and oxygen atoms in total. The molecule has 5 heteroatoms. The van der Waals surface area contributed by atoms with Crippen LogP contribution in [0.25, 0.3) is 0 Å². The van der Waals surface area contributed by atoms with Gasteiger partial charge in [0, 0.05) is 31.9 Å². The Kier molecular flexibility index (Phi) is 4.95. The predicted molar refractivity (Wildman–Crippen MR) is 84.4 cm³/mol. The van der Waals surface area contributed by atoms with Crippen LogP contribution in [0.5, 0.6) is 0 Å². The standard InChI is InChI=1S/C13H11Br3N2/c14-10-3-9(4-11(15)5-10)13(17)2-8-1-12(16)7-18-6-8/h1,3-7,13H,2,17H2. The average molecular weight is 435 g/mol. The molecule has 1 unspecified atom stereocenters. The molecule has 2 N–H and O–H groups in total. The van der Waals surface area contributed by atoms with E-state index in [-0.39, 0.29) is 6.04 Å². The number of hydrogen-bond acceptors (Lipinski definition) is 2. The Labute approximate surface area is 131 Å². The van der Waals surface area contributed by atoms with Crippen molar-refractivity contribution in [3.63, 3.8) is 0 Å². The van der Waals surface area contributed by atoms with Crippen LogP contribution in [0.2, 0.25) is 0 Å². The van der Waals surface area contributed by atoms with E-state index in [1.54, 1.807) is 6.20 Å². The van der Waals surface area contributed by atoms with E-state index in [4.69, 9.17) is 5.73 Å². The Bertz CT molecular complexity index is 537. The summed E-state index contributed by atoms with van der Waals surface area (Å²) in [6, 6.07) is 8.08. The number of nitrogens with two attached hydrogens (primary N) is 1. The second-order valence-corrected chi connectivity index (χ2v) is 6.77. The van der Waals surface area contributed by atoms with Crippen LogP contribution < -0.4 is 5.73 Å². The molecule has 2 aromatic rings. The molecular weight excluding hydrogens is 424 g/mol. The minimum Gasteiger partial charge on any atom is -0.324 e. The van der Waals surface area contributed by atoms with Gasteiger partial charge in [0.1, 0.15) is 0 Å². The summed E-state index contributed by atoms with van der Waals surface area (Å²) in [7, 11) is 0. The highest BCUT2D eigenvalue weighted by Gasteiger charge is 2.09. The van der Waals surface area contributed by atoms with Gasteiger partial charge in [-0.05, 0) is 57.7 Å². The second kappa shape index (κ2) is 6.28. The van der Waals surface area contributed by atoms with Crippen molar-refractivity contribution in [2.24, 2.45) is 5.73 Å². The van der Waals surface area contributed by atoms with Crippen molar-refractivity contribution in [2.45, 2.75) is 12.5 Å². The van der Waals surface area contributed by atoms with E-state index < -0.39 is 0 Å². The predicted octanol–water partition coefficient (Wildman–Crippen LogP) is 4.61. The van der Waals surface area contributed by atoms with Crippen LogP contribution in [0.1, 0.15) is 17.2 Å². The molecule has 0 saturated heterocycles. The fourth-order valence-electron chi connectivity index (χ4n) is 1.73. The van der Waals surface area contributed by atoms with Crippen molar-refractivity contribution in [3.8, 4) is 0 Å². The molecular formula is C13H11Br3N2. The zero-order valence-electron chi connectivity index (χ0n) is 9.41. The van der Waals surface area contributed by atoms with E-state index in [2.05, 4.69) is 52.8 Å². The first-order valence-corrected chi connectivity index (χ1v) is 7.73. The zero-order chi connectivity index (χ0) is 13.1. The normalized spacial score (nSPS) is 12.4. The van der Waals surface area contributed by atoms with Crippen molar-refractivity contribution in [2.75, 3.05) is 0 Å². The van der Waals surface area contributed by atoms with Gasteiger partial charge < -0.3 is 5.73 Å². The van der Waals surface area contributed by atoms with Crippen molar-refractivity contribution in [1.29, 1.82) is 0 Å². The van der Waals surface area contributed by atoms with Crippen LogP contribution in [0.3, 0.4) is 0 Å². The summed E-state index contributed by atoms with van der Waals surface area (Å²) in [6.45, 7) is 0. The van der Waals surface area contributed by atoms with Gasteiger partial charge in [-0.25, -0.2) is 0 Å². The second-order valence-electron chi connectivity index (χ2n) is 4.02. The van der Waals surface area contributed by atoms with Crippen LogP contribution in [0.4, 0.5) is 0 Å². The Morgan fingerprint density at radius 2 is 1.61 bits per heavy atom. The smallest absolute Gasteiger partial charge is 0.0410 e. The van der Waals surface area contributed by atoms with E-state index in [1.807, 2.05) is 30.5 Å². The number of aromatic nitrogens is 1. The van der Waals surface area contributed by atoms with Gasteiger partial charge in [-0.15, -0.1) is 0 Å². The molecule has 1 aromatic carbocycles. The Morgan fingerprint density at radius 3 is 2.22 bits per heavy atom. The first-order chi connectivity index (χ1) is 8.54. The molecule has 1 aromatic heterocycles. The fourth-order valence-corrected chi connectivity index (χ4v) is 3.47. The summed E-state index contributed by atoms with van der Waals surface area (Å²) >= 11 is 10.4. The van der Waals surface area contributed by atoms with Crippen LogP contribution in [-0.4, -0.2) is 4.98 Å². The lowest BCUT2D eigenvalue weighted by Crippen LogP contribution is -2.13. The maximum Gasteiger partial charge on any atom is 0.0410 e. The Balaban J connectivity index is 2.19. The molecule has 1 atom stereocenters. The summed E-state index contributed by atoms with van der Waals surface area (Å²) in [6.07, 6.45) is 4.37. The van der Waals surface area contributed by atoms with E-state index >= 15 is 0 Å². The van der Waals surface area contributed by atoms with Crippen molar-refractivity contribution < 1.29 is 0 Å². The molecule has 0 radical (unpaired) electrons. The molecule has 94 valence electrons. The lowest BCUT2D eigenvalue weighted by atomic mass is 10.0. The highest BCUT2D eigenvalue weighted by atomic mass is 79.9. The lowest BCUT2D eigenvalue weighted by Gasteiger charge is -2.13. The molecule has 2 rings (SSSR count). The van der Waals surface area contributed by atoms with E-state index in [0.29, 0.717) is 0 Å². The van der Waals surface area contributed by atoms with E-state index in [1.165, 1.54) is 0 Å². The zero-order valence-corrected chi connectivity index (χ0v) is 14.2. The van der Waals surface area contributed by atoms with Gasteiger partial charge in [0.2, 0.25) is 0 Å². The Morgan fingerprint density at radius 1 is 0.944 bits per heavy atom. The van der Waals surface area contributed by atoms with Crippen LogP contribution >= 0.6 is 47.8 Å². The third kappa shape index (κ3) is 3.88. The number of pyridine rings is 1. The molecule has 0 aliphatic heterocycles. The summed E-state index contributed by atoms with van der Waals surface area (Å²) < 4.78 is 3.02. The van der Waals surface area contributed by atoms with E-state index in [9.17, 15) is 0 Å². The van der Waals surface area contributed by atoms with Gasteiger partial charge in [0.15, 0.2) is 0 Å². The third-order valence-corrected chi connectivity index (χ3v) is 3.88.